The number of aromatic nitrogens is 3. The molecule has 6 heteroatoms. The molecule has 1 unspecified atom stereocenters. The van der Waals surface area contributed by atoms with E-state index in [9.17, 15) is 0 Å². The normalized spacial score (nSPS) is 17.9. The number of nitriles is 1. The van der Waals surface area contributed by atoms with Crippen molar-refractivity contribution in [3.63, 3.8) is 0 Å². The van der Waals surface area contributed by atoms with E-state index in [1.807, 2.05) is 18.3 Å². The number of imidazole rings is 1. The van der Waals surface area contributed by atoms with Crippen molar-refractivity contribution in [2.45, 2.75) is 25.3 Å². The summed E-state index contributed by atoms with van der Waals surface area (Å²) >= 11 is 0. The molecular weight excluding hydrogens is 300 g/mol. The van der Waals surface area contributed by atoms with E-state index in [4.69, 9.17) is 5.26 Å². The molecule has 0 aromatic carbocycles. The molecule has 6 nitrogen and oxygen atoms in total. The summed E-state index contributed by atoms with van der Waals surface area (Å²) in [4.78, 5) is 13.5. The first-order valence-corrected chi connectivity index (χ1v) is 8.45. The highest BCUT2D eigenvalue weighted by molar-refractivity contribution is 5.42. The first kappa shape index (κ1) is 16.5. The Morgan fingerprint density at radius 2 is 2.25 bits per heavy atom. The molecule has 1 atom stereocenters. The molecule has 1 saturated heterocycles. The van der Waals surface area contributed by atoms with Crippen LogP contribution in [0.2, 0.25) is 0 Å². The minimum absolute atomic E-state index is 0.406. The van der Waals surface area contributed by atoms with Crippen LogP contribution in [0.15, 0.2) is 30.6 Å². The minimum Gasteiger partial charge on any atom is -0.356 e. The van der Waals surface area contributed by atoms with Crippen LogP contribution in [0.25, 0.3) is 0 Å². The fourth-order valence-electron chi connectivity index (χ4n) is 3.24. The van der Waals surface area contributed by atoms with Crippen molar-refractivity contribution in [1.82, 2.24) is 19.4 Å². The number of hydrogen-bond acceptors (Lipinski definition) is 5. The van der Waals surface area contributed by atoms with Gasteiger partial charge in [0, 0.05) is 44.5 Å². The number of hydrogen-bond donors (Lipinski definition) is 0. The second kappa shape index (κ2) is 7.45. The van der Waals surface area contributed by atoms with Crippen molar-refractivity contribution >= 4 is 5.82 Å². The van der Waals surface area contributed by atoms with E-state index < -0.39 is 0 Å². The average molecular weight is 324 g/mol. The molecule has 0 saturated carbocycles. The van der Waals surface area contributed by atoms with Gasteiger partial charge in [0.05, 0.1) is 0 Å². The summed E-state index contributed by atoms with van der Waals surface area (Å²) in [5.74, 6) is 2.46. The fraction of sp³-hybridized carbons (Fsp3) is 0.500. The highest BCUT2D eigenvalue weighted by atomic mass is 15.2. The molecule has 0 aliphatic carbocycles. The number of pyridine rings is 1. The van der Waals surface area contributed by atoms with Crippen LogP contribution in [0.4, 0.5) is 5.82 Å². The van der Waals surface area contributed by atoms with Crippen molar-refractivity contribution in [1.29, 1.82) is 5.26 Å². The van der Waals surface area contributed by atoms with Crippen LogP contribution in [0.5, 0.6) is 0 Å². The molecule has 0 radical (unpaired) electrons. The zero-order valence-electron chi connectivity index (χ0n) is 14.4. The van der Waals surface area contributed by atoms with E-state index >= 15 is 0 Å². The quantitative estimate of drug-likeness (QED) is 0.843. The maximum Gasteiger partial charge on any atom is 0.142 e. The van der Waals surface area contributed by atoms with Gasteiger partial charge in [-0.1, -0.05) is 6.07 Å². The summed E-state index contributed by atoms with van der Waals surface area (Å²) in [6.45, 7) is 3.85. The molecule has 126 valence electrons. The predicted molar refractivity (Wildman–Crippen MR) is 93.9 cm³/mol. The monoisotopic (exact) mass is 324 g/mol. The lowest BCUT2D eigenvalue weighted by molar-refractivity contribution is 0.373. The molecule has 0 amide bonds. The number of rotatable bonds is 5. The number of piperidine rings is 1. The van der Waals surface area contributed by atoms with Crippen molar-refractivity contribution in [3.05, 3.63) is 42.1 Å². The first-order valence-electron chi connectivity index (χ1n) is 8.45. The van der Waals surface area contributed by atoms with Crippen LogP contribution < -0.4 is 4.90 Å². The highest BCUT2D eigenvalue weighted by Crippen LogP contribution is 2.28. The molecule has 0 bridgehead atoms. The maximum atomic E-state index is 9.05. The summed E-state index contributed by atoms with van der Waals surface area (Å²) in [6, 6.07) is 7.76. The fourth-order valence-corrected chi connectivity index (χ4v) is 3.24. The zero-order valence-corrected chi connectivity index (χ0v) is 14.4. The topological polar surface area (TPSA) is 61.0 Å². The largest absolute Gasteiger partial charge is 0.356 e. The number of likely N-dealkylation sites (N-methyl/N-ethyl adjacent to an activating group) is 1. The molecule has 0 N–H and O–H groups in total. The Bertz CT molecular complexity index is 714. The van der Waals surface area contributed by atoms with Crippen molar-refractivity contribution in [3.8, 4) is 6.07 Å². The Balaban J connectivity index is 1.74. The third-order valence-corrected chi connectivity index (χ3v) is 4.50. The summed E-state index contributed by atoms with van der Waals surface area (Å²) in [5, 5.41) is 9.05. The summed E-state index contributed by atoms with van der Waals surface area (Å²) in [6.07, 6.45) is 6.24. The third-order valence-electron chi connectivity index (χ3n) is 4.50. The van der Waals surface area contributed by atoms with E-state index in [1.165, 1.54) is 0 Å². The number of anilines is 1. The van der Waals surface area contributed by atoms with E-state index in [0.717, 1.165) is 50.7 Å². The van der Waals surface area contributed by atoms with Gasteiger partial charge in [0.25, 0.3) is 0 Å². The number of nitrogens with zero attached hydrogens (tertiary/aromatic N) is 6. The van der Waals surface area contributed by atoms with Gasteiger partial charge in [-0.05, 0) is 39.1 Å². The second-order valence-corrected chi connectivity index (χ2v) is 6.56. The van der Waals surface area contributed by atoms with E-state index in [0.29, 0.717) is 11.6 Å². The van der Waals surface area contributed by atoms with Gasteiger partial charge in [-0.2, -0.15) is 5.26 Å². The predicted octanol–water partition coefficient (Wildman–Crippen LogP) is 2.10. The van der Waals surface area contributed by atoms with E-state index in [-0.39, 0.29) is 0 Å². The lowest BCUT2D eigenvalue weighted by Crippen LogP contribution is -2.36. The SMILES string of the molecule is CN(C)CCn1ccnc1C1CCCN(c2cccc(C#N)n2)C1. The Kier molecular flexibility index (Phi) is 5.11. The Labute approximate surface area is 143 Å². The average Bonchev–Trinajstić information content (AvgIpc) is 3.09. The Morgan fingerprint density at radius 3 is 3.04 bits per heavy atom. The first-order chi connectivity index (χ1) is 11.7. The van der Waals surface area contributed by atoms with E-state index in [2.05, 4.69) is 50.7 Å². The molecule has 2 aromatic heterocycles. The van der Waals surface area contributed by atoms with Gasteiger partial charge in [0.15, 0.2) is 0 Å². The van der Waals surface area contributed by atoms with Gasteiger partial charge < -0.3 is 14.4 Å². The Hall–Kier alpha value is -2.39. The van der Waals surface area contributed by atoms with Gasteiger partial charge in [-0.25, -0.2) is 9.97 Å². The smallest absolute Gasteiger partial charge is 0.142 e. The van der Waals surface area contributed by atoms with Crippen molar-refractivity contribution < 1.29 is 0 Å². The lowest BCUT2D eigenvalue weighted by Gasteiger charge is -2.33. The minimum atomic E-state index is 0.406. The van der Waals surface area contributed by atoms with Crippen LogP contribution in [0.1, 0.15) is 30.3 Å². The van der Waals surface area contributed by atoms with Crippen LogP contribution in [-0.2, 0) is 6.54 Å². The maximum absolute atomic E-state index is 9.05. The summed E-state index contributed by atoms with van der Waals surface area (Å²) in [5.41, 5.74) is 0.474. The highest BCUT2D eigenvalue weighted by Gasteiger charge is 2.25. The molecule has 3 rings (SSSR count). The summed E-state index contributed by atoms with van der Waals surface area (Å²) < 4.78 is 2.27. The van der Waals surface area contributed by atoms with Crippen molar-refractivity contribution in [2.24, 2.45) is 0 Å². The third kappa shape index (κ3) is 3.74. The van der Waals surface area contributed by atoms with Gasteiger partial charge >= 0.3 is 0 Å². The van der Waals surface area contributed by atoms with Gasteiger partial charge in [0.1, 0.15) is 23.4 Å². The molecular formula is C18H24N6. The second-order valence-electron chi connectivity index (χ2n) is 6.56. The van der Waals surface area contributed by atoms with Crippen molar-refractivity contribution in [2.75, 3.05) is 38.6 Å². The molecule has 1 aliphatic heterocycles. The Morgan fingerprint density at radius 1 is 1.38 bits per heavy atom. The van der Waals surface area contributed by atoms with Gasteiger partial charge in [-0.3, -0.25) is 0 Å². The summed E-state index contributed by atoms with van der Waals surface area (Å²) in [7, 11) is 4.18. The van der Waals surface area contributed by atoms with Gasteiger partial charge in [0.2, 0.25) is 0 Å². The van der Waals surface area contributed by atoms with Crippen LogP contribution in [0.3, 0.4) is 0 Å². The molecule has 3 heterocycles. The van der Waals surface area contributed by atoms with E-state index in [1.54, 1.807) is 6.07 Å². The van der Waals surface area contributed by atoms with Gasteiger partial charge in [-0.15, -0.1) is 0 Å². The molecule has 0 spiro atoms. The molecule has 1 aliphatic rings. The molecule has 2 aromatic rings. The van der Waals surface area contributed by atoms with Crippen LogP contribution in [0, 0.1) is 11.3 Å². The molecule has 24 heavy (non-hydrogen) atoms. The van der Waals surface area contributed by atoms with Crippen LogP contribution in [-0.4, -0.2) is 53.2 Å². The molecule has 1 fully saturated rings. The standard InChI is InChI=1S/C18H24N6/c1-22(2)11-12-23-10-8-20-18(23)15-5-4-9-24(14-15)17-7-3-6-16(13-19)21-17/h3,6-8,10,15H,4-5,9,11-12,14H2,1-2H3. The lowest BCUT2D eigenvalue weighted by atomic mass is 9.97. The van der Waals surface area contributed by atoms with Crippen LogP contribution >= 0.6 is 0 Å². The zero-order chi connectivity index (χ0) is 16.9.